The number of carbonyl (C=O) groups is 2. The van der Waals surface area contributed by atoms with Crippen LogP contribution in [0.3, 0.4) is 0 Å². The maximum absolute atomic E-state index is 13.1. The number of benzene rings is 3. The van der Waals surface area contributed by atoms with Gasteiger partial charge in [0.2, 0.25) is 0 Å². The molecule has 1 aliphatic rings. The average Bonchev–Trinajstić information content (AvgIpc) is 2.79. The van der Waals surface area contributed by atoms with Crippen molar-refractivity contribution in [2.75, 3.05) is 4.90 Å². The quantitative estimate of drug-likeness (QED) is 0.310. The van der Waals surface area contributed by atoms with E-state index in [0.717, 1.165) is 27.3 Å². The second-order valence-corrected chi connectivity index (χ2v) is 9.00. The van der Waals surface area contributed by atoms with Gasteiger partial charge >= 0.3 is 0 Å². The molecule has 0 atom stereocenters. The molecule has 0 aliphatic carbocycles. The molecule has 4 rings (SSSR count). The minimum atomic E-state index is -0.487. The van der Waals surface area contributed by atoms with Crippen molar-refractivity contribution >= 4 is 52.7 Å². The third-order valence-electron chi connectivity index (χ3n) is 5.15. The number of hydrogen-bond acceptors (Lipinski definition) is 4. The zero-order chi connectivity index (χ0) is 22.7. The topological polar surface area (TPSA) is 49.4 Å². The highest BCUT2D eigenvalue weighted by atomic mass is 32.2. The normalized spacial score (nSPS) is 15.2. The number of hydrogen-bond donors (Lipinski definition) is 1. The highest BCUT2D eigenvalue weighted by Gasteiger charge is 2.34. The summed E-state index contributed by atoms with van der Waals surface area (Å²) in [5.41, 5.74) is 3.84. The lowest BCUT2D eigenvalue weighted by atomic mass is 10.1. The summed E-state index contributed by atoms with van der Waals surface area (Å²) in [6.45, 7) is 4.13. The van der Waals surface area contributed by atoms with Crippen LogP contribution in [0.1, 0.15) is 23.6 Å². The van der Waals surface area contributed by atoms with Crippen LogP contribution in [0.15, 0.2) is 88.2 Å². The van der Waals surface area contributed by atoms with Crippen LogP contribution in [0.2, 0.25) is 0 Å². The Morgan fingerprint density at radius 1 is 0.906 bits per heavy atom. The van der Waals surface area contributed by atoms with Gasteiger partial charge in [0.1, 0.15) is 5.57 Å². The lowest BCUT2D eigenvalue weighted by Crippen LogP contribution is -2.54. The highest BCUT2D eigenvalue weighted by molar-refractivity contribution is 7.99. The van der Waals surface area contributed by atoms with Gasteiger partial charge in [-0.1, -0.05) is 60.6 Å². The molecule has 1 heterocycles. The minimum Gasteiger partial charge on any atom is -0.298 e. The Bertz CT molecular complexity index is 1200. The second kappa shape index (κ2) is 9.51. The van der Waals surface area contributed by atoms with E-state index in [9.17, 15) is 9.59 Å². The van der Waals surface area contributed by atoms with Crippen molar-refractivity contribution in [2.24, 2.45) is 0 Å². The fourth-order valence-electron chi connectivity index (χ4n) is 3.31. The van der Waals surface area contributed by atoms with E-state index in [1.807, 2.05) is 48.5 Å². The molecule has 0 bridgehead atoms. The van der Waals surface area contributed by atoms with Gasteiger partial charge in [0, 0.05) is 9.79 Å². The molecule has 0 radical (unpaired) electrons. The fourth-order valence-corrected chi connectivity index (χ4v) is 4.41. The van der Waals surface area contributed by atoms with Gasteiger partial charge < -0.3 is 0 Å². The number of amides is 2. The standard InChI is InChI=1S/C26H22N2O2S2/c1-3-18-6-10-20(11-7-18)28-25(30)23(24(29)27-26(28)31)16-19-8-14-22(15-9-19)32-21-12-4-17(2)5-13-21/h4-16H,3H2,1-2H3,(H,27,29,31)/b23-16+. The molecule has 0 spiro atoms. The Balaban J connectivity index is 1.56. The molecule has 6 heteroatoms. The first-order valence-electron chi connectivity index (χ1n) is 10.3. The number of thiocarbonyl (C=S) groups is 1. The van der Waals surface area contributed by atoms with Crippen LogP contribution in [-0.4, -0.2) is 16.9 Å². The van der Waals surface area contributed by atoms with Gasteiger partial charge in [-0.05, 0) is 79.2 Å². The molecule has 1 saturated heterocycles. The first-order valence-corrected chi connectivity index (χ1v) is 11.5. The zero-order valence-corrected chi connectivity index (χ0v) is 19.4. The molecule has 160 valence electrons. The van der Waals surface area contributed by atoms with Crippen LogP contribution in [0.25, 0.3) is 6.08 Å². The largest absolute Gasteiger partial charge is 0.298 e. The molecule has 3 aromatic rings. The van der Waals surface area contributed by atoms with Crippen LogP contribution in [0.4, 0.5) is 5.69 Å². The van der Waals surface area contributed by atoms with E-state index in [2.05, 4.69) is 43.4 Å². The number of anilines is 1. The summed E-state index contributed by atoms with van der Waals surface area (Å²) in [5, 5.41) is 2.72. The number of rotatable bonds is 5. The van der Waals surface area contributed by atoms with Crippen LogP contribution in [0.5, 0.6) is 0 Å². The van der Waals surface area contributed by atoms with Gasteiger partial charge in [0.05, 0.1) is 5.69 Å². The third kappa shape index (κ3) is 4.82. The summed E-state index contributed by atoms with van der Waals surface area (Å²) in [4.78, 5) is 29.3. The Morgan fingerprint density at radius 3 is 2.09 bits per heavy atom. The molecule has 32 heavy (non-hydrogen) atoms. The number of nitrogens with zero attached hydrogens (tertiary/aromatic N) is 1. The summed E-state index contributed by atoms with van der Waals surface area (Å²) < 4.78 is 0. The molecule has 3 aromatic carbocycles. The van der Waals surface area contributed by atoms with E-state index in [1.165, 1.54) is 10.5 Å². The average molecular weight is 459 g/mol. The lowest BCUT2D eigenvalue weighted by molar-refractivity contribution is -0.122. The van der Waals surface area contributed by atoms with Crippen molar-refractivity contribution in [2.45, 2.75) is 30.1 Å². The summed E-state index contributed by atoms with van der Waals surface area (Å²) >= 11 is 6.93. The van der Waals surface area contributed by atoms with Crippen LogP contribution in [-0.2, 0) is 16.0 Å². The monoisotopic (exact) mass is 458 g/mol. The van der Waals surface area contributed by atoms with Crippen molar-refractivity contribution in [3.8, 4) is 0 Å². The smallest absolute Gasteiger partial charge is 0.270 e. The van der Waals surface area contributed by atoms with E-state index in [0.29, 0.717) is 5.69 Å². The predicted octanol–water partition coefficient (Wildman–Crippen LogP) is 5.54. The van der Waals surface area contributed by atoms with Gasteiger partial charge in [-0.2, -0.15) is 0 Å². The maximum atomic E-state index is 13.1. The van der Waals surface area contributed by atoms with E-state index < -0.39 is 11.8 Å². The second-order valence-electron chi connectivity index (χ2n) is 7.46. The molecular weight excluding hydrogens is 436 g/mol. The Morgan fingerprint density at radius 2 is 1.50 bits per heavy atom. The maximum Gasteiger partial charge on any atom is 0.270 e. The van der Waals surface area contributed by atoms with Crippen molar-refractivity contribution in [3.63, 3.8) is 0 Å². The van der Waals surface area contributed by atoms with Gasteiger partial charge in [0.25, 0.3) is 11.8 Å². The van der Waals surface area contributed by atoms with Crippen LogP contribution < -0.4 is 10.2 Å². The van der Waals surface area contributed by atoms with Crippen molar-refractivity contribution in [1.82, 2.24) is 5.32 Å². The van der Waals surface area contributed by atoms with Gasteiger partial charge in [-0.15, -0.1) is 0 Å². The fraction of sp³-hybridized carbons (Fsp3) is 0.115. The van der Waals surface area contributed by atoms with E-state index in [4.69, 9.17) is 12.2 Å². The van der Waals surface area contributed by atoms with Gasteiger partial charge in [0.15, 0.2) is 5.11 Å². The van der Waals surface area contributed by atoms with E-state index >= 15 is 0 Å². The summed E-state index contributed by atoms with van der Waals surface area (Å²) in [7, 11) is 0. The Kier molecular flexibility index (Phi) is 6.53. The molecule has 0 saturated carbocycles. The SMILES string of the molecule is CCc1ccc(N2C(=O)/C(=C/c3ccc(Sc4ccc(C)cc4)cc3)C(=O)NC2=S)cc1. The minimum absolute atomic E-state index is 0.0529. The summed E-state index contributed by atoms with van der Waals surface area (Å²) in [6, 6.07) is 23.7. The Labute approximate surface area is 197 Å². The molecule has 0 unspecified atom stereocenters. The first-order chi connectivity index (χ1) is 15.4. The first kappa shape index (κ1) is 22.0. The van der Waals surface area contributed by atoms with Gasteiger partial charge in [-0.3, -0.25) is 19.8 Å². The van der Waals surface area contributed by atoms with Crippen molar-refractivity contribution in [1.29, 1.82) is 0 Å². The molecular formula is C26H22N2O2S2. The number of nitrogens with one attached hydrogen (secondary N) is 1. The van der Waals surface area contributed by atoms with Crippen molar-refractivity contribution < 1.29 is 9.59 Å². The Hall–Kier alpha value is -3.22. The summed E-state index contributed by atoms with van der Waals surface area (Å²) in [6.07, 6.45) is 2.51. The predicted molar refractivity (Wildman–Crippen MR) is 134 cm³/mol. The summed E-state index contributed by atoms with van der Waals surface area (Å²) in [5.74, 6) is -0.916. The molecule has 1 aliphatic heterocycles. The third-order valence-corrected chi connectivity index (χ3v) is 6.45. The molecule has 1 fully saturated rings. The number of carbonyl (C=O) groups excluding carboxylic acids is 2. The molecule has 0 aromatic heterocycles. The van der Waals surface area contributed by atoms with E-state index in [-0.39, 0.29) is 10.7 Å². The molecule has 2 amide bonds. The van der Waals surface area contributed by atoms with Crippen molar-refractivity contribution in [3.05, 3.63) is 95.1 Å². The highest BCUT2D eigenvalue weighted by Crippen LogP contribution is 2.29. The van der Waals surface area contributed by atoms with Crippen LogP contribution >= 0.6 is 24.0 Å². The molecule has 1 N–H and O–H groups in total. The van der Waals surface area contributed by atoms with Gasteiger partial charge in [-0.25, -0.2) is 0 Å². The lowest BCUT2D eigenvalue weighted by Gasteiger charge is -2.29. The number of aryl methyl sites for hydroxylation is 2. The van der Waals surface area contributed by atoms with Crippen LogP contribution in [0, 0.1) is 6.92 Å². The zero-order valence-electron chi connectivity index (χ0n) is 17.8. The molecule has 4 nitrogen and oxygen atoms in total. The van der Waals surface area contributed by atoms with E-state index in [1.54, 1.807) is 17.8 Å².